The van der Waals surface area contributed by atoms with Crippen LogP contribution in [0.3, 0.4) is 0 Å². The maximum atomic E-state index is 5.05. The fourth-order valence-corrected chi connectivity index (χ4v) is 3.85. The molecule has 0 spiro atoms. The van der Waals surface area contributed by atoms with E-state index in [9.17, 15) is 0 Å². The first-order valence-electron chi connectivity index (χ1n) is 10.5. The molecule has 0 bridgehead atoms. The van der Waals surface area contributed by atoms with Crippen LogP contribution < -0.4 is 10.9 Å². The van der Waals surface area contributed by atoms with Gasteiger partial charge < -0.3 is 9.99 Å². The minimum Gasteiger partial charge on any atom is -0.323 e. The smallest absolute Gasteiger partial charge is 0.169 e. The highest BCUT2D eigenvalue weighted by molar-refractivity contribution is 6.07. The highest BCUT2D eigenvalue weighted by Crippen LogP contribution is 2.31. The molecule has 29 heavy (non-hydrogen) atoms. The molecule has 5 nitrogen and oxygen atoms in total. The highest BCUT2D eigenvalue weighted by Gasteiger charge is 2.18. The number of benzene rings is 2. The van der Waals surface area contributed by atoms with Gasteiger partial charge in [0.1, 0.15) is 11.3 Å². The summed E-state index contributed by atoms with van der Waals surface area (Å²) in [6.07, 6.45) is 4.30. The molecule has 0 unspecified atom stereocenters. The van der Waals surface area contributed by atoms with Gasteiger partial charge in [-0.2, -0.15) is 0 Å². The number of imidazole rings is 1. The van der Waals surface area contributed by atoms with Crippen molar-refractivity contribution in [3.05, 3.63) is 65.5 Å². The van der Waals surface area contributed by atoms with E-state index in [1.165, 1.54) is 11.1 Å². The van der Waals surface area contributed by atoms with Crippen molar-refractivity contribution >= 4 is 27.8 Å². The van der Waals surface area contributed by atoms with E-state index < -0.39 is 0 Å². The Morgan fingerprint density at radius 1 is 0.931 bits per heavy atom. The van der Waals surface area contributed by atoms with Gasteiger partial charge in [0.05, 0.1) is 11.0 Å². The molecule has 0 radical (unpaired) electrons. The SMILES string of the molecule is CCCCc1nc2c(NNC)nc3ccccc3c2n1Cc1ccc(CC)cc1. The van der Waals surface area contributed by atoms with Crippen LogP contribution >= 0.6 is 0 Å². The Kier molecular flexibility index (Phi) is 5.76. The van der Waals surface area contributed by atoms with E-state index in [1.807, 2.05) is 13.1 Å². The Morgan fingerprint density at radius 2 is 1.69 bits per heavy atom. The van der Waals surface area contributed by atoms with Crippen LogP contribution in [0.1, 0.15) is 43.6 Å². The highest BCUT2D eigenvalue weighted by atomic mass is 15.4. The van der Waals surface area contributed by atoms with Crippen molar-refractivity contribution in [1.82, 2.24) is 20.0 Å². The second-order valence-corrected chi connectivity index (χ2v) is 7.44. The summed E-state index contributed by atoms with van der Waals surface area (Å²) in [4.78, 5) is 9.85. The van der Waals surface area contributed by atoms with Crippen LogP contribution in [0, 0.1) is 0 Å². The Morgan fingerprint density at radius 3 is 2.41 bits per heavy atom. The summed E-state index contributed by atoms with van der Waals surface area (Å²) in [6, 6.07) is 17.3. The third-order valence-electron chi connectivity index (χ3n) is 5.43. The zero-order valence-electron chi connectivity index (χ0n) is 17.5. The van der Waals surface area contributed by atoms with Crippen molar-refractivity contribution in [3.63, 3.8) is 0 Å². The van der Waals surface area contributed by atoms with Gasteiger partial charge in [-0.3, -0.25) is 0 Å². The number of unbranched alkanes of at least 4 members (excludes halogenated alkanes) is 1. The summed E-state index contributed by atoms with van der Waals surface area (Å²) in [5.41, 5.74) is 11.9. The second-order valence-electron chi connectivity index (χ2n) is 7.44. The van der Waals surface area contributed by atoms with E-state index in [4.69, 9.17) is 9.97 Å². The number of pyridine rings is 1. The Labute approximate surface area is 172 Å². The zero-order valence-corrected chi connectivity index (χ0v) is 17.5. The summed E-state index contributed by atoms with van der Waals surface area (Å²) >= 11 is 0. The monoisotopic (exact) mass is 387 g/mol. The molecule has 0 atom stereocenters. The summed E-state index contributed by atoms with van der Waals surface area (Å²) in [5, 5.41) is 1.14. The van der Waals surface area contributed by atoms with Crippen LogP contribution in [0.25, 0.3) is 21.9 Å². The second kappa shape index (κ2) is 8.62. The van der Waals surface area contributed by atoms with Crippen molar-refractivity contribution in [3.8, 4) is 0 Å². The number of fused-ring (bicyclic) bond motifs is 3. The van der Waals surface area contributed by atoms with Crippen molar-refractivity contribution in [2.45, 2.75) is 46.1 Å². The van der Waals surface area contributed by atoms with E-state index in [-0.39, 0.29) is 0 Å². The molecule has 0 amide bonds. The van der Waals surface area contributed by atoms with Crippen molar-refractivity contribution in [2.24, 2.45) is 0 Å². The summed E-state index contributed by atoms with van der Waals surface area (Å²) < 4.78 is 2.39. The number of hydrazine groups is 1. The molecule has 0 aliphatic rings. The summed E-state index contributed by atoms with van der Waals surface area (Å²) in [6.45, 7) is 5.23. The van der Waals surface area contributed by atoms with Gasteiger partial charge in [-0.25, -0.2) is 15.4 Å². The minimum absolute atomic E-state index is 0.777. The minimum atomic E-state index is 0.777. The summed E-state index contributed by atoms with van der Waals surface area (Å²) in [7, 11) is 1.85. The van der Waals surface area contributed by atoms with E-state index >= 15 is 0 Å². The molecule has 0 aliphatic carbocycles. The van der Waals surface area contributed by atoms with Gasteiger partial charge in [0.2, 0.25) is 0 Å². The van der Waals surface area contributed by atoms with E-state index in [2.05, 4.69) is 71.7 Å². The summed E-state index contributed by atoms with van der Waals surface area (Å²) in [5.74, 6) is 1.90. The van der Waals surface area contributed by atoms with Gasteiger partial charge in [0, 0.05) is 25.4 Å². The molecular formula is C24H29N5. The lowest BCUT2D eigenvalue weighted by atomic mass is 10.1. The lowest BCUT2D eigenvalue weighted by Gasteiger charge is -2.12. The van der Waals surface area contributed by atoms with Crippen LogP contribution in [-0.4, -0.2) is 21.6 Å². The van der Waals surface area contributed by atoms with E-state index in [1.54, 1.807) is 0 Å². The molecule has 0 saturated carbocycles. The number of hydrogen-bond donors (Lipinski definition) is 2. The quantitative estimate of drug-likeness (QED) is 0.414. The van der Waals surface area contributed by atoms with Gasteiger partial charge in [-0.05, 0) is 30.0 Å². The first-order valence-corrected chi connectivity index (χ1v) is 10.5. The Bertz CT molecular complexity index is 1110. The largest absolute Gasteiger partial charge is 0.323 e. The van der Waals surface area contributed by atoms with Gasteiger partial charge in [0.25, 0.3) is 0 Å². The Hall–Kier alpha value is -2.92. The van der Waals surface area contributed by atoms with Crippen LogP contribution in [0.5, 0.6) is 0 Å². The maximum absolute atomic E-state index is 5.05. The lowest BCUT2D eigenvalue weighted by molar-refractivity contribution is 0.690. The third-order valence-corrected chi connectivity index (χ3v) is 5.43. The van der Waals surface area contributed by atoms with Crippen molar-refractivity contribution in [2.75, 3.05) is 12.5 Å². The molecule has 4 aromatic rings. The van der Waals surface area contributed by atoms with Crippen LogP contribution in [0.4, 0.5) is 5.82 Å². The van der Waals surface area contributed by atoms with E-state index in [0.29, 0.717) is 0 Å². The zero-order chi connectivity index (χ0) is 20.2. The lowest BCUT2D eigenvalue weighted by Crippen LogP contribution is -2.16. The van der Waals surface area contributed by atoms with Crippen LogP contribution in [0.2, 0.25) is 0 Å². The fraction of sp³-hybridized carbons (Fsp3) is 0.333. The van der Waals surface area contributed by atoms with Gasteiger partial charge in [-0.1, -0.05) is 62.7 Å². The van der Waals surface area contributed by atoms with E-state index in [0.717, 1.165) is 65.8 Å². The van der Waals surface area contributed by atoms with Crippen molar-refractivity contribution in [1.29, 1.82) is 0 Å². The first-order chi connectivity index (χ1) is 14.2. The number of para-hydroxylation sites is 1. The number of nitrogens with zero attached hydrogens (tertiary/aromatic N) is 3. The van der Waals surface area contributed by atoms with Gasteiger partial charge >= 0.3 is 0 Å². The van der Waals surface area contributed by atoms with Gasteiger partial charge in [0.15, 0.2) is 5.82 Å². The molecule has 150 valence electrons. The predicted octanol–water partition coefficient (Wildman–Crippen LogP) is 5.08. The Balaban J connectivity index is 1.93. The fourth-order valence-electron chi connectivity index (χ4n) is 3.85. The normalized spacial score (nSPS) is 11.4. The number of aryl methyl sites for hydroxylation is 2. The molecule has 4 rings (SSSR count). The number of anilines is 1. The standard InChI is InChI=1S/C24H29N5/c1-4-6-11-21-27-22-23(29(21)16-18-14-12-17(5-2)13-15-18)19-9-7-8-10-20(19)26-24(22)28-25-3/h7-10,12-15,25H,4-6,11,16H2,1-3H3,(H,26,28). The average molecular weight is 388 g/mol. The van der Waals surface area contributed by atoms with Crippen LogP contribution in [-0.2, 0) is 19.4 Å². The molecule has 0 aliphatic heterocycles. The number of aromatic nitrogens is 3. The number of hydrogen-bond acceptors (Lipinski definition) is 4. The third kappa shape index (κ3) is 3.83. The molecule has 2 heterocycles. The predicted molar refractivity (Wildman–Crippen MR) is 121 cm³/mol. The molecule has 0 fully saturated rings. The molecule has 5 heteroatoms. The first kappa shape index (κ1) is 19.4. The molecule has 2 N–H and O–H groups in total. The molecule has 0 saturated heterocycles. The number of nitrogens with one attached hydrogen (secondary N) is 2. The molecular weight excluding hydrogens is 358 g/mol. The van der Waals surface area contributed by atoms with Crippen LogP contribution in [0.15, 0.2) is 48.5 Å². The molecule has 2 aromatic carbocycles. The number of rotatable bonds is 8. The molecule has 2 aromatic heterocycles. The van der Waals surface area contributed by atoms with Crippen molar-refractivity contribution < 1.29 is 0 Å². The average Bonchev–Trinajstić information content (AvgIpc) is 3.12. The topological polar surface area (TPSA) is 54.8 Å². The maximum Gasteiger partial charge on any atom is 0.169 e. The van der Waals surface area contributed by atoms with Gasteiger partial charge in [-0.15, -0.1) is 0 Å².